The van der Waals surface area contributed by atoms with E-state index in [-0.39, 0.29) is 0 Å². The van der Waals surface area contributed by atoms with Crippen LogP contribution in [0.5, 0.6) is 0 Å². The number of nitrogens with zero attached hydrogens (tertiary/aromatic N) is 2. The minimum absolute atomic E-state index is 0.308. The molecule has 0 spiro atoms. The van der Waals surface area contributed by atoms with E-state index in [1.807, 2.05) is 0 Å². The first-order valence-corrected chi connectivity index (χ1v) is 3.39. The number of halogens is 3. The van der Waals surface area contributed by atoms with Gasteiger partial charge in [-0.3, -0.25) is 5.01 Å². The Morgan fingerprint density at radius 1 is 1.50 bits per heavy atom. The Bertz CT molecular complexity index is 174. The van der Waals surface area contributed by atoms with E-state index in [1.165, 1.54) is 0 Å². The fourth-order valence-corrected chi connectivity index (χ4v) is 0.614. The number of hydrogen-bond acceptors (Lipinski definition) is 2. The summed E-state index contributed by atoms with van der Waals surface area (Å²) in [5.41, 5.74) is 0.308. The molecule has 0 fully saturated rings. The van der Waals surface area contributed by atoms with Crippen molar-refractivity contribution in [2.75, 3.05) is 6.54 Å². The van der Waals surface area contributed by atoms with Crippen molar-refractivity contribution in [2.24, 2.45) is 5.10 Å². The summed E-state index contributed by atoms with van der Waals surface area (Å²) in [5.74, 6) is 0. The van der Waals surface area contributed by atoms with E-state index in [0.29, 0.717) is 12.1 Å². The second kappa shape index (κ2) is 4.13. The smallest absolute Gasteiger partial charge is 0.262 e. The molecule has 0 N–H and O–H groups in total. The van der Waals surface area contributed by atoms with Crippen molar-refractivity contribution < 1.29 is 13.2 Å². The molecule has 0 amide bonds. The molecular formula is C7H11F3N2. The number of rotatable bonds is 4. The van der Waals surface area contributed by atoms with Gasteiger partial charge in [0.2, 0.25) is 0 Å². The van der Waals surface area contributed by atoms with E-state index < -0.39 is 12.7 Å². The van der Waals surface area contributed by atoms with Crippen LogP contribution in [0.1, 0.15) is 13.3 Å². The lowest BCUT2D eigenvalue weighted by Gasteiger charge is -2.20. The molecule has 0 saturated heterocycles. The van der Waals surface area contributed by atoms with E-state index in [0.717, 1.165) is 5.01 Å². The minimum Gasteiger partial charge on any atom is -0.262 e. The molecule has 0 rings (SSSR count). The van der Waals surface area contributed by atoms with Gasteiger partial charge in [0.25, 0.3) is 0 Å². The fraction of sp³-hybridized carbons (Fsp3) is 0.571. The zero-order valence-corrected chi connectivity index (χ0v) is 6.86. The minimum atomic E-state index is -4.26. The molecule has 0 aliphatic carbocycles. The van der Waals surface area contributed by atoms with Gasteiger partial charge in [0.1, 0.15) is 6.54 Å². The van der Waals surface area contributed by atoms with Gasteiger partial charge in [-0.2, -0.15) is 18.3 Å². The summed E-state index contributed by atoms with van der Waals surface area (Å²) >= 11 is 0. The molecule has 0 saturated carbocycles. The Kier molecular flexibility index (Phi) is 3.79. The van der Waals surface area contributed by atoms with E-state index in [2.05, 4.69) is 18.4 Å². The van der Waals surface area contributed by atoms with Crippen molar-refractivity contribution in [2.45, 2.75) is 19.5 Å². The number of alkyl halides is 3. The average molecular weight is 180 g/mol. The molecule has 12 heavy (non-hydrogen) atoms. The van der Waals surface area contributed by atoms with Crippen LogP contribution in [0.3, 0.4) is 0 Å². The van der Waals surface area contributed by atoms with Gasteiger partial charge in [-0.15, -0.1) is 0 Å². The third-order valence-corrected chi connectivity index (χ3v) is 1.27. The third kappa shape index (κ3) is 4.00. The van der Waals surface area contributed by atoms with Crippen LogP contribution in [0.25, 0.3) is 0 Å². The molecule has 70 valence electrons. The summed E-state index contributed by atoms with van der Waals surface area (Å²) in [4.78, 5) is 0. The Morgan fingerprint density at radius 2 is 2.00 bits per heavy atom. The van der Waals surface area contributed by atoms with Crippen molar-refractivity contribution in [1.82, 2.24) is 5.01 Å². The van der Waals surface area contributed by atoms with Crippen molar-refractivity contribution in [3.8, 4) is 0 Å². The monoisotopic (exact) mass is 180 g/mol. The van der Waals surface area contributed by atoms with Crippen LogP contribution in [0, 0.1) is 0 Å². The van der Waals surface area contributed by atoms with Crippen LogP contribution in [-0.4, -0.2) is 24.4 Å². The lowest BCUT2D eigenvalue weighted by molar-refractivity contribution is -0.141. The maximum Gasteiger partial charge on any atom is 0.408 e. The fourth-order valence-electron chi connectivity index (χ4n) is 0.614. The van der Waals surface area contributed by atoms with Crippen LogP contribution in [-0.2, 0) is 0 Å². The molecule has 0 bridgehead atoms. The van der Waals surface area contributed by atoms with Gasteiger partial charge in [0, 0.05) is 12.4 Å². The molecular weight excluding hydrogens is 169 g/mol. The molecule has 2 nitrogen and oxygen atoms in total. The van der Waals surface area contributed by atoms with E-state index in [4.69, 9.17) is 0 Å². The van der Waals surface area contributed by atoms with Crippen molar-refractivity contribution in [1.29, 1.82) is 0 Å². The molecule has 0 aliphatic rings. The highest BCUT2D eigenvalue weighted by molar-refractivity contribution is 5.23. The largest absolute Gasteiger partial charge is 0.408 e. The first-order valence-electron chi connectivity index (χ1n) is 3.39. The standard InChI is InChI=1S/C7H11F3N2/c1-4-6(2)12(11-3)5-7(8,9)10/h2-5H2,1H3. The Labute approximate surface area is 69.4 Å². The van der Waals surface area contributed by atoms with Crippen LogP contribution in [0.2, 0.25) is 0 Å². The summed E-state index contributed by atoms with van der Waals surface area (Å²) in [6, 6.07) is 0. The van der Waals surface area contributed by atoms with Gasteiger partial charge < -0.3 is 0 Å². The molecule has 0 unspecified atom stereocenters. The van der Waals surface area contributed by atoms with Crippen molar-refractivity contribution in [3.05, 3.63) is 12.3 Å². The number of allylic oxidation sites excluding steroid dienone is 1. The molecule has 0 atom stereocenters. The van der Waals surface area contributed by atoms with Crippen molar-refractivity contribution >= 4 is 6.72 Å². The Balaban J connectivity index is 4.18. The maximum atomic E-state index is 11.8. The van der Waals surface area contributed by atoms with E-state index in [1.54, 1.807) is 6.92 Å². The van der Waals surface area contributed by atoms with Crippen LogP contribution >= 0.6 is 0 Å². The van der Waals surface area contributed by atoms with E-state index in [9.17, 15) is 13.2 Å². The highest BCUT2D eigenvalue weighted by atomic mass is 19.4. The second-order valence-corrected chi connectivity index (χ2v) is 2.23. The first-order chi connectivity index (χ1) is 5.40. The molecule has 5 heteroatoms. The summed E-state index contributed by atoms with van der Waals surface area (Å²) in [6.07, 6.45) is -3.84. The predicted molar refractivity (Wildman–Crippen MR) is 41.7 cm³/mol. The summed E-state index contributed by atoms with van der Waals surface area (Å²) in [7, 11) is 0. The van der Waals surface area contributed by atoms with E-state index >= 15 is 0 Å². The maximum absolute atomic E-state index is 11.8. The Hall–Kier alpha value is -1.00. The zero-order chi connectivity index (χ0) is 9.78. The zero-order valence-electron chi connectivity index (χ0n) is 6.86. The third-order valence-electron chi connectivity index (χ3n) is 1.27. The van der Waals surface area contributed by atoms with Gasteiger partial charge in [-0.1, -0.05) is 13.5 Å². The first kappa shape index (κ1) is 11.0. The van der Waals surface area contributed by atoms with Gasteiger partial charge >= 0.3 is 6.18 Å². The normalized spacial score (nSPS) is 11.0. The van der Waals surface area contributed by atoms with Gasteiger partial charge in [-0.25, -0.2) is 0 Å². The summed E-state index contributed by atoms with van der Waals surface area (Å²) in [5, 5.41) is 3.96. The topological polar surface area (TPSA) is 15.6 Å². The van der Waals surface area contributed by atoms with Crippen LogP contribution in [0.4, 0.5) is 13.2 Å². The number of hydrazone groups is 1. The average Bonchev–Trinajstić information content (AvgIpc) is 1.97. The van der Waals surface area contributed by atoms with Gasteiger partial charge in [0.15, 0.2) is 0 Å². The summed E-state index contributed by atoms with van der Waals surface area (Å²) < 4.78 is 35.5. The molecule has 0 aromatic rings. The molecule has 0 aromatic carbocycles. The molecule has 0 radical (unpaired) electrons. The molecule has 0 heterocycles. The summed E-state index contributed by atoms with van der Waals surface area (Å²) in [6.45, 7) is 7.03. The predicted octanol–water partition coefficient (Wildman–Crippen LogP) is 2.39. The molecule has 0 aromatic heterocycles. The molecule has 0 aliphatic heterocycles. The van der Waals surface area contributed by atoms with Gasteiger partial charge in [-0.05, 0) is 6.42 Å². The van der Waals surface area contributed by atoms with Crippen molar-refractivity contribution in [3.63, 3.8) is 0 Å². The second-order valence-electron chi connectivity index (χ2n) is 2.23. The SMILES string of the molecule is C=NN(CC(F)(F)F)C(=C)CC. The number of hydrogen-bond donors (Lipinski definition) is 0. The lowest BCUT2D eigenvalue weighted by atomic mass is 10.3. The van der Waals surface area contributed by atoms with Crippen LogP contribution in [0.15, 0.2) is 17.4 Å². The quantitative estimate of drug-likeness (QED) is 0.479. The van der Waals surface area contributed by atoms with Crippen LogP contribution < -0.4 is 0 Å². The Morgan fingerprint density at radius 3 is 2.25 bits per heavy atom. The lowest BCUT2D eigenvalue weighted by Crippen LogP contribution is -2.29. The van der Waals surface area contributed by atoms with Gasteiger partial charge in [0.05, 0.1) is 0 Å². The highest BCUT2D eigenvalue weighted by Crippen LogP contribution is 2.19. The highest BCUT2D eigenvalue weighted by Gasteiger charge is 2.30.